The number of H-pyrrole nitrogens is 2. The van der Waals surface area contributed by atoms with Crippen molar-refractivity contribution in [3.8, 4) is 11.8 Å². The lowest BCUT2D eigenvalue weighted by molar-refractivity contribution is -0.126. The number of fused-ring (bicyclic) bond motifs is 1. The predicted molar refractivity (Wildman–Crippen MR) is 162 cm³/mol. The highest BCUT2D eigenvalue weighted by molar-refractivity contribution is 6.01. The maximum absolute atomic E-state index is 13.7. The second-order valence-corrected chi connectivity index (χ2v) is 11.6. The van der Waals surface area contributed by atoms with E-state index in [9.17, 15) is 19.6 Å². The van der Waals surface area contributed by atoms with Crippen molar-refractivity contribution in [2.24, 2.45) is 17.8 Å². The predicted octanol–water partition coefficient (Wildman–Crippen LogP) is 2.68. The van der Waals surface area contributed by atoms with Gasteiger partial charge in [-0.2, -0.15) is 5.26 Å². The number of benzene rings is 1. The molecule has 1 unspecified atom stereocenters. The fraction of sp³-hybridized carbons (Fsp3) is 0.516. The number of aromatic nitrogens is 3. The highest BCUT2D eigenvalue weighted by Crippen LogP contribution is 2.26. The Morgan fingerprint density at radius 1 is 1.23 bits per heavy atom. The van der Waals surface area contributed by atoms with Crippen molar-refractivity contribution in [2.75, 3.05) is 20.2 Å². The van der Waals surface area contributed by atoms with Gasteiger partial charge in [-0.15, -0.1) is 0 Å². The number of amides is 3. The van der Waals surface area contributed by atoms with Gasteiger partial charge in [0, 0.05) is 47.8 Å². The third-order valence-electron chi connectivity index (χ3n) is 7.80. The molecule has 1 aliphatic rings. The number of carbonyl (C=O) groups is 3. The molecule has 2 aromatic heterocycles. The summed E-state index contributed by atoms with van der Waals surface area (Å²) in [4.78, 5) is 49.9. The summed E-state index contributed by atoms with van der Waals surface area (Å²) < 4.78 is 5.41. The molecule has 43 heavy (non-hydrogen) atoms. The van der Waals surface area contributed by atoms with Crippen molar-refractivity contribution in [2.45, 2.75) is 65.1 Å². The van der Waals surface area contributed by atoms with E-state index in [4.69, 9.17) is 4.74 Å². The van der Waals surface area contributed by atoms with E-state index >= 15 is 0 Å². The Labute approximate surface area is 251 Å². The highest BCUT2D eigenvalue weighted by atomic mass is 16.5. The molecule has 1 aliphatic heterocycles. The monoisotopic (exact) mass is 590 g/mol. The van der Waals surface area contributed by atoms with Gasteiger partial charge < -0.3 is 36.0 Å². The first kappa shape index (κ1) is 31.6. The van der Waals surface area contributed by atoms with Crippen molar-refractivity contribution in [3.63, 3.8) is 0 Å². The third-order valence-corrected chi connectivity index (χ3v) is 7.80. The first-order valence-electron chi connectivity index (χ1n) is 14.8. The third kappa shape index (κ3) is 8.35. The number of nitrogens with zero attached hydrogens (tertiary/aromatic N) is 2. The molecule has 3 aromatic rings. The molecule has 0 bridgehead atoms. The molecular weight excluding hydrogens is 548 g/mol. The summed E-state index contributed by atoms with van der Waals surface area (Å²) in [6.45, 7) is 7.53. The van der Waals surface area contributed by atoms with E-state index < -0.39 is 23.9 Å². The van der Waals surface area contributed by atoms with Gasteiger partial charge in [0.05, 0.1) is 19.1 Å². The summed E-state index contributed by atoms with van der Waals surface area (Å²) in [5, 5.41) is 23.0. The van der Waals surface area contributed by atoms with Crippen LogP contribution in [0.3, 0.4) is 0 Å². The summed E-state index contributed by atoms with van der Waals surface area (Å²) in [7, 11) is 1.57. The number of nitrogens with one attached hydrogen (secondary N) is 6. The summed E-state index contributed by atoms with van der Waals surface area (Å²) >= 11 is 0. The van der Waals surface area contributed by atoms with E-state index in [1.165, 1.54) is 0 Å². The van der Waals surface area contributed by atoms with Crippen LogP contribution in [0.4, 0.5) is 0 Å². The Kier molecular flexibility index (Phi) is 10.8. The van der Waals surface area contributed by atoms with E-state index in [1.54, 1.807) is 19.4 Å². The van der Waals surface area contributed by atoms with Crippen LogP contribution < -0.4 is 26.0 Å². The molecule has 12 heteroatoms. The van der Waals surface area contributed by atoms with Crippen molar-refractivity contribution in [1.29, 1.82) is 5.26 Å². The van der Waals surface area contributed by atoms with Crippen molar-refractivity contribution in [3.05, 3.63) is 47.7 Å². The highest BCUT2D eigenvalue weighted by Gasteiger charge is 2.34. The summed E-state index contributed by atoms with van der Waals surface area (Å²) in [5.74, 6) is -0.103. The van der Waals surface area contributed by atoms with Gasteiger partial charge in [-0.25, -0.2) is 4.98 Å². The lowest BCUT2D eigenvalue weighted by Gasteiger charge is -2.28. The number of methoxy groups -OCH3 is 1. The second-order valence-electron chi connectivity index (χ2n) is 11.6. The smallest absolute Gasteiger partial charge is 0.268 e. The SMILES string of the molecule is COc1cccc2[nH]c(C(=O)N[C@@H](CC(C)C)C(=O)N[C@@H](C[C@@H]3CCNC3=O)C(C#N)CCNCc3cnc(C)[nH]3)cc12. The Bertz CT molecular complexity index is 1460. The Morgan fingerprint density at radius 3 is 2.70 bits per heavy atom. The number of hydrogen-bond acceptors (Lipinski definition) is 7. The lowest BCUT2D eigenvalue weighted by atomic mass is 9.88. The first-order chi connectivity index (χ1) is 20.7. The fourth-order valence-electron chi connectivity index (χ4n) is 5.55. The number of hydrogen-bond donors (Lipinski definition) is 6. The standard InChI is InChI=1S/C31H42N8O4/c1-18(2)12-26(39-31(42)27-14-23-24(37-27)6-5-7-28(23)43-4)30(41)38-25(13-20-9-11-34-29(20)40)21(15-32)8-10-33-16-22-17-35-19(3)36-22/h5-7,14,17-18,20-21,25-26,33,37H,8-13,16H2,1-4H3,(H,34,40)(H,35,36)(H,38,41)(H,39,42)/t20-,21?,25-,26-/m0/s1. The molecule has 1 saturated heterocycles. The number of nitriles is 1. The van der Waals surface area contributed by atoms with Crippen molar-refractivity contribution >= 4 is 28.6 Å². The minimum Gasteiger partial charge on any atom is -0.496 e. The molecule has 12 nitrogen and oxygen atoms in total. The zero-order valence-corrected chi connectivity index (χ0v) is 25.3. The van der Waals surface area contributed by atoms with Crippen LogP contribution in [0.1, 0.15) is 61.5 Å². The maximum atomic E-state index is 13.7. The van der Waals surface area contributed by atoms with E-state index in [2.05, 4.69) is 42.3 Å². The van der Waals surface area contributed by atoms with Gasteiger partial charge >= 0.3 is 0 Å². The molecule has 6 N–H and O–H groups in total. The molecule has 1 aromatic carbocycles. The lowest BCUT2D eigenvalue weighted by Crippen LogP contribution is -2.52. The normalized spacial score (nSPS) is 16.8. The molecular formula is C31H42N8O4. The number of carbonyl (C=O) groups excluding carboxylic acids is 3. The van der Waals surface area contributed by atoms with Crippen LogP contribution in [0.5, 0.6) is 5.75 Å². The molecule has 0 spiro atoms. The summed E-state index contributed by atoms with van der Waals surface area (Å²) in [6, 6.07) is 8.17. The Morgan fingerprint density at radius 2 is 2.05 bits per heavy atom. The van der Waals surface area contributed by atoms with Crippen molar-refractivity contribution < 1.29 is 19.1 Å². The van der Waals surface area contributed by atoms with Crippen LogP contribution in [-0.4, -0.2) is 65.0 Å². The summed E-state index contributed by atoms with van der Waals surface area (Å²) in [5.41, 5.74) is 2.00. The van der Waals surface area contributed by atoms with Crippen LogP contribution in [-0.2, 0) is 16.1 Å². The summed E-state index contributed by atoms with van der Waals surface area (Å²) in [6.07, 6.45) is 3.64. The van der Waals surface area contributed by atoms with Gasteiger partial charge in [0.25, 0.3) is 5.91 Å². The second kappa shape index (κ2) is 14.7. The zero-order chi connectivity index (χ0) is 30.9. The number of aryl methyl sites for hydroxylation is 1. The van der Waals surface area contributed by atoms with Gasteiger partial charge in [-0.3, -0.25) is 14.4 Å². The average molecular weight is 591 g/mol. The molecule has 0 aliphatic carbocycles. The average Bonchev–Trinajstić information content (AvgIpc) is 3.71. The van der Waals surface area contributed by atoms with E-state index in [0.29, 0.717) is 56.8 Å². The van der Waals surface area contributed by atoms with Crippen molar-refractivity contribution in [1.82, 2.24) is 36.2 Å². The Balaban J connectivity index is 1.46. The van der Waals surface area contributed by atoms with Gasteiger partial charge in [-0.1, -0.05) is 19.9 Å². The topological polar surface area (TPSA) is 177 Å². The number of ether oxygens (including phenoxy) is 1. The van der Waals surface area contributed by atoms with Crippen LogP contribution in [0, 0.1) is 36.0 Å². The fourth-order valence-corrected chi connectivity index (χ4v) is 5.55. The molecule has 230 valence electrons. The quantitative estimate of drug-likeness (QED) is 0.147. The van der Waals surface area contributed by atoms with Gasteiger partial charge in [-0.05, 0) is 63.3 Å². The molecule has 3 amide bonds. The van der Waals surface area contributed by atoms with E-state index in [1.807, 2.05) is 39.0 Å². The molecule has 3 heterocycles. The van der Waals surface area contributed by atoms with Crippen LogP contribution in [0.25, 0.3) is 10.9 Å². The van der Waals surface area contributed by atoms with Crippen LogP contribution >= 0.6 is 0 Å². The van der Waals surface area contributed by atoms with Gasteiger partial charge in [0.1, 0.15) is 23.3 Å². The molecule has 4 atom stereocenters. The van der Waals surface area contributed by atoms with Gasteiger partial charge in [0.2, 0.25) is 11.8 Å². The number of imidazole rings is 1. The number of rotatable bonds is 15. The van der Waals surface area contributed by atoms with Crippen LogP contribution in [0.15, 0.2) is 30.5 Å². The minimum atomic E-state index is -0.832. The maximum Gasteiger partial charge on any atom is 0.268 e. The Hall–Kier alpha value is -4.37. The zero-order valence-electron chi connectivity index (χ0n) is 25.3. The molecule has 0 saturated carbocycles. The van der Waals surface area contributed by atoms with E-state index in [-0.39, 0.29) is 23.7 Å². The van der Waals surface area contributed by atoms with E-state index in [0.717, 1.165) is 22.4 Å². The number of aromatic amines is 2. The van der Waals surface area contributed by atoms with Crippen LogP contribution in [0.2, 0.25) is 0 Å². The first-order valence-corrected chi connectivity index (χ1v) is 14.8. The largest absolute Gasteiger partial charge is 0.496 e. The minimum absolute atomic E-state index is 0.0649. The molecule has 0 radical (unpaired) electrons. The van der Waals surface area contributed by atoms with Gasteiger partial charge in [0.15, 0.2) is 0 Å². The molecule has 4 rings (SSSR count). The molecule has 1 fully saturated rings.